The van der Waals surface area contributed by atoms with Crippen LogP contribution in [0.3, 0.4) is 0 Å². The van der Waals surface area contributed by atoms with Gasteiger partial charge in [-0.3, -0.25) is 14.4 Å². The standard InChI is InChI=1S/C17H26N2O4S/c1-11-6-13(17(22)23)8-18(7-11)16(21)14-9-24-10-19(14)15(20)12-4-2-3-5-12/h11-14H,2-10H2,1H3,(H,22,23). The lowest BCUT2D eigenvalue weighted by molar-refractivity contribution is -0.151. The molecule has 2 amide bonds. The molecular weight excluding hydrogens is 328 g/mol. The highest BCUT2D eigenvalue weighted by atomic mass is 32.2. The van der Waals surface area contributed by atoms with Gasteiger partial charge >= 0.3 is 5.97 Å². The molecule has 0 aromatic carbocycles. The second-order valence-corrected chi connectivity index (χ2v) is 8.42. The molecule has 0 aromatic heterocycles. The fourth-order valence-corrected chi connectivity index (χ4v) is 5.35. The predicted octanol–water partition coefficient (Wildman–Crippen LogP) is 1.65. The highest BCUT2D eigenvalue weighted by Gasteiger charge is 2.42. The van der Waals surface area contributed by atoms with E-state index in [0.717, 1.165) is 25.7 Å². The second kappa shape index (κ2) is 7.33. The number of aliphatic carboxylic acids is 1. The van der Waals surface area contributed by atoms with E-state index >= 15 is 0 Å². The van der Waals surface area contributed by atoms with Crippen molar-refractivity contribution >= 4 is 29.5 Å². The van der Waals surface area contributed by atoms with Crippen molar-refractivity contribution in [1.82, 2.24) is 9.80 Å². The average molecular weight is 354 g/mol. The summed E-state index contributed by atoms with van der Waals surface area (Å²) < 4.78 is 0. The summed E-state index contributed by atoms with van der Waals surface area (Å²) in [4.78, 5) is 40.5. The van der Waals surface area contributed by atoms with E-state index in [4.69, 9.17) is 0 Å². The minimum atomic E-state index is -0.834. The lowest BCUT2D eigenvalue weighted by atomic mass is 9.90. The Bertz CT molecular complexity index is 521. The number of carbonyl (C=O) groups excluding carboxylic acids is 2. The van der Waals surface area contributed by atoms with Crippen molar-refractivity contribution in [2.75, 3.05) is 24.7 Å². The van der Waals surface area contributed by atoms with E-state index in [9.17, 15) is 19.5 Å². The Balaban J connectivity index is 1.68. The van der Waals surface area contributed by atoms with Crippen LogP contribution in [0, 0.1) is 17.8 Å². The molecule has 1 saturated carbocycles. The average Bonchev–Trinajstić information content (AvgIpc) is 3.24. The number of thioether (sulfide) groups is 1. The van der Waals surface area contributed by atoms with Crippen LogP contribution in [0.25, 0.3) is 0 Å². The number of amides is 2. The van der Waals surface area contributed by atoms with Gasteiger partial charge in [-0.1, -0.05) is 19.8 Å². The summed E-state index contributed by atoms with van der Waals surface area (Å²) in [5, 5.41) is 9.30. The molecule has 24 heavy (non-hydrogen) atoms. The summed E-state index contributed by atoms with van der Waals surface area (Å²) in [6, 6.07) is -0.414. The number of carboxylic acid groups (broad SMARTS) is 1. The molecule has 2 saturated heterocycles. The molecule has 3 rings (SSSR count). The van der Waals surface area contributed by atoms with Crippen LogP contribution in [0.2, 0.25) is 0 Å². The van der Waals surface area contributed by atoms with Crippen molar-refractivity contribution in [1.29, 1.82) is 0 Å². The molecule has 3 unspecified atom stereocenters. The van der Waals surface area contributed by atoms with Gasteiger partial charge in [-0.05, 0) is 25.2 Å². The summed E-state index contributed by atoms with van der Waals surface area (Å²) in [6.45, 7) is 2.85. The van der Waals surface area contributed by atoms with E-state index in [1.54, 1.807) is 21.6 Å². The Labute approximate surface area is 146 Å². The van der Waals surface area contributed by atoms with Crippen LogP contribution in [0.5, 0.6) is 0 Å². The van der Waals surface area contributed by atoms with Gasteiger partial charge in [0.1, 0.15) is 6.04 Å². The van der Waals surface area contributed by atoms with Gasteiger partial charge in [-0.25, -0.2) is 0 Å². The van der Waals surface area contributed by atoms with Gasteiger partial charge in [-0.15, -0.1) is 11.8 Å². The summed E-state index contributed by atoms with van der Waals surface area (Å²) in [6.07, 6.45) is 4.68. The Kier molecular flexibility index (Phi) is 5.37. The molecule has 3 aliphatic rings. The van der Waals surface area contributed by atoms with Crippen molar-refractivity contribution in [2.45, 2.75) is 45.1 Å². The number of rotatable bonds is 3. The molecule has 0 spiro atoms. The normalized spacial score (nSPS) is 31.5. The molecule has 1 aliphatic carbocycles. The molecule has 2 heterocycles. The van der Waals surface area contributed by atoms with Crippen LogP contribution in [-0.4, -0.2) is 63.5 Å². The zero-order valence-electron chi connectivity index (χ0n) is 14.1. The summed E-state index contributed by atoms with van der Waals surface area (Å²) >= 11 is 1.62. The monoisotopic (exact) mass is 354 g/mol. The van der Waals surface area contributed by atoms with Gasteiger partial charge in [0, 0.05) is 24.8 Å². The third kappa shape index (κ3) is 3.55. The van der Waals surface area contributed by atoms with Crippen molar-refractivity contribution in [3.05, 3.63) is 0 Å². The maximum Gasteiger partial charge on any atom is 0.308 e. The number of likely N-dealkylation sites (tertiary alicyclic amines) is 1. The SMILES string of the molecule is CC1CC(C(=O)O)CN(C(=O)C2CSCN2C(=O)C2CCCC2)C1. The minimum Gasteiger partial charge on any atom is -0.481 e. The first-order chi connectivity index (χ1) is 11.5. The lowest BCUT2D eigenvalue weighted by Crippen LogP contribution is -2.54. The smallest absolute Gasteiger partial charge is 0.308 e. The Morgan fingerprint density at radius 3 is 2.42 bits per heavy atom. The molecule has 134 valence electrons. The maximum atomic E-state index is 13.0. The van der Waals surface area contributed by atoms with Gasteiger partial charge in [0.15, 0.2) is 0 Å². The lowest BCUT2D eigenvalue weighted by Gasteiger charge is -2.37. The zero-order valence-corrected chi connectivity index (χ0v) is 15.0. The number of carboxylic acids is 1. The van der Waals surface area contributed by atoms with Crippen molar-refractivity contribution in [3.63, 3.8) is 0 Å². The first-order valence-corrected chi connectivity index (χ1v) is 10.0. The third-order valence-corrected chi connectivity index (χ3v) is 6.49. The van der Waals surface area contributed by atoms with Gasteiger partial charge in [0.05, 0.1) is 11.8 Å². The van der Waals surface area contributed by atoms with Crippen LogP contribution >= 0.6 is 11.8 Å². The van der Waals surface area contributed by atoms with Crippen LogP contribution in [0.1, 0.15) is 39.0 Å². The molecule has 6 nitrogen and oxygen atoms in total. The molecular formula is C17H26N2O4S. The zero-order chi connectivity index (χ0) is 17.3. The van der Waals surface area contributed by atoms with E-state index in [0.29, 0.717) is 24.6 Å². The van der Waals surface area contributed by atoms with E-state index < -0.39 is 17.9 Å². The van der Waals surface area contributed by atoms with Crippen molar-refractivity contribution in [2.24, 2.45) is 17.8 Å². The quantitative estimate of drug-likeness (QED) is 0.834. The van der Waals surface area contributed by atoms with E-state index in [2.05, 4.69) is 0 Å². The molecule has 0 aromatic rings. The molecule has 7 heteroatoms. The maximum absolute atomic E-state index is 13.0. The van der Waals surface area contributed by atoms with E-state index in [-0.39, 0.29) is 30.2 Å². The van der Waals surface area contributed by atoms with Crippen molar-refractivity contribution < 1.29 is 19.5 Å². The second-order valence-electron chi connectivity index (χ2n) is 7.42. The Morgan fingerprint density at radius 1 is 1.04 bits per heavy atom. The number of hydrogen-bond donors (Lipinski definition) is 1. The highest BCUT2D eigenvalue weighted by molar-refractivity contribution is 7.99. The fraction of sp³-hybridized carbons (Fsp3) is 0.824. The third-order valence-electron chi connectivity index (χ3n) is 5.48. The van der Waals surface area contributed by atoms with Crippen LogP contribution in [0.15, 0.2) is 0 Å². The molecule has 0 bridgehead atoms. The van der Waals surface area contributed by atoms with E-state index in [1.807, 2.05) is 6.92 Å². The predicted molar refractivity (Wildman–Crippen MR) is 91.4 cm³/mol. The molecule has 3 fully saturated rings. The van der Waals surface area contributed by atoms with Crippen molar-refractivity contribution in [3.8, 4) is 0 Å². The topological polar surface area (TPSA) is 77.9 Å². The van der Waals surface area contributed by atoms with Gasteiger partial charge < -0.3 is 14.9 Å². The van der Waals surface area contributed by atoms with Crippen LogP contribution in [0.4, 0.5) is 0 Å². The Hall–Kier alpha value is -1.24. The number of hydrogen-bond acceptors (Lipinski definition) is 4. The van der Waals surface area contributed by atoms with E-state index in [1.165, 1.54) is 0 Å². The first kappa shape index (κ1) is 17.6. The van der Waals surface area contributed by atoms with Gasteiger partial charge in [0.25, 0.3) is 0 Å². The summed E-state index contributed by atoms with van der Waals surface area (Å²) in [5.41, 5.74) is 0. The van der Waals surface area contributed by atoms with Crippen LogP contribution in [-0.2, 0) is 14.4 Å². The molecule has 0 radical (unpaired) electrons. The molecule has 2 aliphatic heterocycles. The number of carbonyl (C=O) groups is 3. The van der Waals surface area contributed by atoms with Crippen LogP contribution < -0.4 is 0 Å². The first-order valence-electron chi connectivity index (χ1n) is 8.87. The van der Waals surface area contributed by atoms with Gasteiger partial charge in [0.2, 0.25) is 11.8 Å². The highest BCUT2D eigenvalue weighted by Crippen LogP contribution is 2.32. The number of nitrogens with zero attached hydrogens (tertiary/aromatic N) is 2. The fourth-order valence-electron chi connectivity index (χ4n) is 4.19. The van der Waals surface area contributed by atoms with Gasteiger partial charge in [-0.2, -0.15) is 0 Å². The molecule has 3 atom stereocenters. The summed E-state index contributed by atoms with van der Waals surface area (Å²) in [5.74, 6) is 0.185. The Morgan fingerprint density at radius 2 is 1.75 bits per heavy atom. The number of piperidine rings is 1. The summed E-state index contributed by atoms with van der Waals surface area (Å²) in [7, 11) is 0. The molecule has 1 N–H and O–H groups in total. The minimum absolute atomic E-state index is 0.0656. The largest absolute Gasteiger partial charge is 0.481 e.